The minimum atomic E-state index is 0.151. The van der Waals surface area contributed by atoms with Gasteiger partial charge in [0.05, 0.1) is 31.1 Å². The van der Waals surface area contributed by atoms with E-state index in [9.17, 15) is 0 Å². The summed E-state index contributed by atoms with van der Waals surface area (Å²) in [5.41, 5.74) is 2.12. The number of hydrogen-bond acceptors (Lipinski definition) is 3. The molecule has 1 saturated carbocycles. The predicted octanol–water partition coefficient (Wildman–Crippen LogP) is 3.30. The lowest BCUT2D eigenvalue weighted by atomic mass is 10.2. The van der Waals surface area contributed by atoms with Crippen molar-refractivity contribution in [3.05, 3.63) is 18.0 Å². The lowest BCUT2D eigenvalue weighted by molar-refractivity contribution is 0.355. The Labute approximate surface area is 117 Å². The maximum atomic E-state index is 6.04. The topological polar surface area (TPSA) is 36.3 Å². The molecule has 0 saturated heterocycles. The lowest BCUT2D eigenvalue weighted by Crippen LogP contribution is -2.14. The van der Waals surface area contributed by atoms with E-state index >= 15 is 0 Å². The van der Waals surface area contributed by atoms with Crippen molar-refractivity contribution in [3.63, 3.8) is 0 Å². The highest BCUT2D eigenvalue weighted by molar-refractivity contribution is 6.16. The Bertz CT molecular complexity index is 632. The zero-order chi connectivity index (χ0) is 13.6. The summed E-state index contributed by atoms with van der Waals surface area (Å²) in [4.78, 5) is 4.62. The number of halogens is 1. The van der Waals surface area contributed by atoms with Crippen LogP contribution in [0.25, 0.3) is 11.0 Å². The summed E-state index contributed by atoms with van der Waals surface area (Å²) >= 11 is 6.04. The summed E-state index contributed by atoms with van der Waals surface area (Å²) in [6, 6.07) is 3.90. The molecule has 1 heterocycles. The van der Waals surface area contributed by atoms with Crippen LogP contribution in [0.5, 0.6) is 11.5 Å². The number of methoxy groups -OCH3 is 2. The molecule has 102 valence electrons. The van der Waals surface area contributed by atoms with Gasteiger partial charge in [-0.25, -0.2) is 4.98 Å². The van der Waals surface area contributed by atoms with Crippen molar-refractivity contribution in [1.82, 2.24) is 9.55 Å². The SMILES string of the molecule is COc1cc2nc(CCl)n(C3(C)CC3)c2cc1OC. The zero-order valence-electron chi connectivity index (χ0n) is 11.4. The molecule has 0 radical (unpaired) electrons. The number of benzene rings is 1. The van der Waals surface area contributed by atoms with E-state index in [1.807, 2.05) is 12.1 Å². The number of alkyl halides is 1. The van der Waals surface area contributed by atoms with Gasteiger partial charge in [0.1, 0.15) is 5.82 Å². The third-order valence-electron chi connectivity index (χ3n) is 3.86. The fraction of sp³-hybridized carbons (Fsp3) is 0.500. The molecule has 19 heavy (non-hydrogen) atoms. The fourth-order valence-electron chi connectivity index (χ4n) is 2.55. The van der Waals surface area contributed by atoms with Gasteiger partial charge in [-0.2, -0.15) is 0 Å². The first kappa shape index (κ1) is 12.6. The lowest BCUT2D eigenvalue weighted by Gasteiger charge is -2.16. The molecule has 0 aliphatic heterocycles. The van der Waals surface area contributed by atoms with Gasteiger partial charge in [-0.1, -0.05) is 0 Å². The van der Waals surface area contributed by atoms with Gasteiger partial charge in [0.15, 0.2) is 11.5 Å². The predicted molar refractivity (Wildman–Crippen MR) is 75.3 cm³/mol. The van der Waals surface area contributed by atoms with E-state index < -0.39 is 0 Å². The maximum absolute atomic E-state index is 6.04. The van der Waals surface area contributed by atoms with Gasteiger partial charge in [-0.3, -0.25) is 0 Å². The molecule has 0 amide bonds. The summed E-state index contributed by atoms with van der Waals surface area (Å²) in [5.74, 6) is 2.74. The van der Waals surface area contributed by atoms with E-state index in [2.05, 4.69) is 16.5 Å². The molecule has 0 bridgehead atoms. The van der Waals surface area contributed by atoms with Gasteiger partial charge in [0.2, 0.25) is 0 Å². The van der Waals surface area contributed by atoms with Gasteiger partial charge in [-0.15, -0.1) is 11.6 Å². The first-order valence-corrected chi connectivity index (χ1v) is 6.86. The molecule has 0 atom stereocenters. The molecule has 1 aromatic carbocycles. The second-order valence-electron chi connectivity index (χ2n) is 5.19. The van der Waals surface area contributed by atoms with Crippen LogP contribution in [0.15, 0.2) is 12.1 Å². The smallest absolute Gasteiger partial charge is 0.163 e. The molecule has 2 aromatic rings. The number of imidazole rings is 1. The number of hydrogen-bond donors (Lipinski definition) is 0. The van der Waals surface area contributed by atoms with E-state index in [0.717, 1.165) is 35.4 Å². The number of ether oxygens (including phenoxy) is 2. The normalized spacial score (nSPS) is 16.6. The van der Waals surface area contributed by atoms with Crippen LogP contribution in [0, 0.1) is 0 Å². The average molecular weight is 281 g/mol. The Morgan fingerprint density at radius 1 is 1.26 bits per heavy atom. The van der Waals surface area contributed by atoms with Gasteiger partial charge in [-0.05, 0) is 19.8 Å². The number of aromatic nitrogens is 2. The molecule has 1 aromatic heterocycles. The summed E-state index contributed by atoms with van der Waals surface area (Å²) in [6.45, 7) is 2.24. The largest absolute Gasteiger partial charge is 0.493 e. The molecule has 1 fully saturated rings. The van der Waals surface area contributed by atoms with Crippen LogP contribution in [0.3, 0.4) is 0 Å². The minimum Gasteiger partial charge on any atom is -0.493 e. The molecule has 1 aliphatic rings. The van der Waals surface area contributed by atoms with Crippen molar-refractivity contribution in [2.45, 2.75) is 31.2 Å². The molecule has 1 aliphatic carbocycles. The molecular weight excluding hydrogens is 264 g/mol. The van der Waals surface area contributed by atoms with Gasteiger partial charge in [0.25, 0.3) is 0 Å². The monoisotopic (exact) mass is 280 g/mol. The van der Waals surface area contributed by atoms with Crippen molar-refractivity contribution in [3.8, 4) is 11.5 Å². The minimum absolute atomic E-state index is 0.151. The van der Waals surface area contributed by atoms with Crippen molar-refractivity contribution in [2.24, 2.45) is 0 Å². The van der Waals surface area contributed by atoms with E-state index in [4.69, 9.17) is 21.1 Å². The molecule has 5 heteroatoms. The summed E-state index contributed by atoms with van der Waals surface area (Å²) in [7, 11) is 3.27. The van der Waals surface area contributed by atoms with Crippen LogP contribution in [0.2, 0.25) is 0 Å². The number of fused-ring (bicyclic) bond motifs is 1. The Balaban J connectivity index is 2.28. The van der Waals surface area contributed by atoms with Gasteiger partial charge in [0, 0.05) is 17.7 Å². The van der Waals surface area contributed by atoms with Gasteiger partial charge < -0.3 is 14.0 Å². The molecule has 4 nitrogen and oxygen atoms in total. The van der Waals surface area contributed by atoms with Crippen LogP contribution in [-0.4, -0.2) is 23.8 Å². The Kier molecular flexibility index (Phi) is 2.86. The van der Waals surface area contributed by atoms with Crippen LogP contribution in [0.4, 0.5) is 0 Å². The van der Waals surface area contributed by atoms with Crippen molar-refractivity contribution in [2.75, 3.05) is 14.2 Å². The highest BCUT2D eigenvalue weighted by atomic mass is 35.5. The van der Waals surface area contributed by atoms with Gasteiger partial charge >= 0.3 is 0 Å². The number of rotatable bonds is 4. The summed E-state index contributed by atoms with van der Waals surface area (Å²) < 4.78 is 12.9. The molecule has 0 spiro atoms. The Hall–Kier alpha value is -1.42. The highest BCUT2D eigenvalue weighted by Crippen LogP contribution is 2.47. The van der Waals surface area contributed by atoms with Crippen LogP contribution in [0.1, 0.15) is 25.6 Å². The fourth-order valence-corrected chi connectivity index (χ4v) is 2.73. The molecular formula is C14H17ClN2O2. The molecule has 3 rings (SSSR count). The second kappa shape index (κ2) is 4.30. The summed E-state index contributed by atoms with van der Waals surface area (Å²) in [5, 5.41) is 0. The second-order valence-corrected chi connectivity index (χ2v) is 5.46. The van der Waals surface area contributed by atoms with Crippen LogP contribution in [-0.2, 0) is 11.4 Å². The third kappa shape index (κ3) is 1.86. The standard InChI is InChI=1S/C14H17ClN2O2/c1-14(4-5-14)17-10-7-12(19-3)11(18-2)6-9(10)16-13(17)8-15/h6-7H,4-5,8H2,1-3H3. The van der Waals surface area contributed by atoms with Crippen molar-refractivity contribution in [1.29, 1.82) is 0 Å². The van der Waals surface area contributed by atoms with E-state index in [1.165, 1.54) is 0 Å². The highest BCUT2D eigenvalue weighted by Gasteiger charge is 2.41. The maximum Gasteiger partial charge on any atom is 0.163 e. The Morgan fingerprint density at radius 3 is 2.42 bits per heavy atom. The van der Waals surface area contributed by atoms with E-state index in [-0.39, 0.29) is 5.54 Å². The van der Waals surface area contributed by atoms with Crippen LogP contribution < -0.4 is 9.47 Å². The van der Waals surface area contributed by atoms with Crippen molar-refractivity contribution >= 4 is 22.6 Å². The van der Waals surface area contributed by atoms with E-state index in [0.29, 0.717) is 11.6 Å². The van der Waals surface area contributed by atoms with Crippen LogP contribution >= 0.6 is 11.6 Å². The first-order chi connectivity index (χ1) is 9.12. The third-order valence-corrected chi connectivity index (χ3v) is 4.10. The Morgan fingerprint density at radius 2 is 1.89 bits per heavy atom. The first-order valence-electron chi connectivity index (χ1n) is 6.33. The zero-order valence-corrected chi connectivity index (χ0v) is 12.1. The molecule has 0 N–H and O–H groups in total. The van der Waals surface area contributed by atoms with Crippen molar-refractivity contribution < 1.29 is 9.47 Å². The van der Waals surface area contributed by atoms with E-state index in [1.54, 1.807) is 14.2 Å². The number of nitrogens with zero attached hydrogens (tertiary/aromatic N) is 2. The summed E-state index contributed by atoms with van der Waals surface area (Å²) in [6.07, 6.45) is 2.33. The average Bonchev–Trinajstić information content (AvgIpc) is 3.05. The quantitative estimate of drug-likeness (QED) is 0.806. The molecule has 0 unspecified atom stereocenters.